The maximum atomic E-state index is 6.28. The lowest BCUT2D eigenvalue weighted by Gasteiger charge is -2.17. The molecule has 0 aliphatic heterocycles. The molecule has 0 saturated carbocycles. The van der Waals surface area contributed by atoms with Crippen molar-refractivity contribution in [3.05, 3.63) is 59.7 Å². The fraction of sp³-hybridized carbons (Fsp3) is 0.357. The molecule has 2 heteroatoms. The molecule has 0 N–H and O–H groups in total. The molecule has 0 radical (unpaired) electrons. The Morgan fingerprint density at radius 2 is 0.867 bits per heavy atom. The van der Waals surface area contributed by atoms with E-state index in [1.54, 1.807) is 0 Å². The molecule has 0 spiro atoms. The van der Waals surface area contributed by atoms with E-state index in [1.807, 2.05) is 0 Å². The van der Waals surface area contributed by atoms with Gasteiger partial charge in [0.05, 0.1) is 0 Å². The molecule has 3 aromatic carbocycles. The van der Waals surface area contributed by atoms with Crippen molar-refractivity contribution < 1.29 is 8.83 Å². The minimum absolute atomic E-state index is 0.254. The van der Waals surface area contributed by atoms with Crippen molar-refractivity contribution in [2.75, 3.05) is 0 Å². The first-order chi connectivity index (χ1) is 14.1. The van der Waals surface area contributed by atoms with Crippen LogP contribution in [0.2, 0.25) is 0 Å². The molecule has 0 aliphatic rings. The normalized spacial score (nSPS) is 13.3. The Balaban J connectivity index is 1.64. The molecule has 0 saturated heterocycles. The van der Waals surface area contributed by atoms with Gasteiger partial charge in [0.1, 0.15) is 22.3 Å². The smallest absolute Gasteiger partial charge is 0.136 e. The molecule has 0 atom stereocenters. The second kappa shape index (κ2) is 6.38. The molecule has 5 aromatic rings. The van der Waals surface area contributed by atoms with Gasteiger partial charge in [-0.05, 0) is 59.1 Å². The summed E-state index contributed by atoms with van der Waals surface area (Å²) in [6, 6.07) is 17.5. The molecule has 0 amide bonds. The van der Waals surface area contributed by atoms with Gasteiger partial charge in [-0.25, -0.2) is 0 Å². The molecule has 0 aliphatic carbocycles. The lowest BCUT2D eigenvalue weighted by Crippen LogP contribution is -2.08. The topological polar surface area (TPSA) is 26.3 Å². The van der Waals surface area contributed by atoms with Crippen LogP contribution in [0.25, 0.3) is 43.9 Å². The largest absolute Gasteiger partial charge is 0.456 e. The van der Waals surface area contributed by atoms with Crippen molar-refractivity contribution in [1.29, 1.82) is 0 Å². The molecular weight excluding hydrogens is 368 g/mol. The zero-order valence-corrected chi connectivity index (χ0v) is 18.8. The van der Waals surface area contributed by atoms with E-state index in [4.69, 9.17) is 8.83 Å². The zero-order chi connectivity index (χ0) is 21.3. The Morgan fingerprint density at radius 3 is 1.23 bits per heavy atom. The molecule has 2 aromatic heterocycles. The second-order valence-corrected chi connectivity index (χ2v) is 11.2. The first kappa shape index (κ1) is 19.2. The molecule has 0 unspecified atom stereocenters. The third-order valence-corrected chi connectivity index (χ3v) is 5.66. The first-order valence-electron chi connectivity index (χ1n) is 10.9. The first-order valence-corrected chi connectivity index (χ1v) is 10.9. The van der Waals surface area contributed by atoms with Gasteiger partial charge in [0.25, 0.3) is 0 Å². The molecule has 0 fully saturated rings. The van der Waals surface area contributed by atoms with E-state index in [0.717, 1.165) is 56.7 Å². The van der Waals surface area contributed by atoms with Crippen LogP contribution in [0.15, 0.2) is 57.4 Å². The van der Waals surface area contributed by atoms with Crippen LogP contribution in [0.5, 0.6) is 0 Å². The maximum Gasteiger partial charge on any atom is 0.136 e. The summed E-state index contributed by atoms with van der Waals surface area (Å²) in [7, 11) is 0. The third kappa shape index (κ3) is 3.49. The molecule has 30 heavy (non-hydrogen) atoms. The van der Waals surface area contributed by atoms with Crippen LogP contribution in [0.4, 0.5) is 0 Å². The zero-order valence-electron chi connectivity index (χ0n) is 18.8. The van der Waals surface area contributed by atoms with Gasteiger partial charge in [0.2, 0.25) is 0 Å². The number of hydrogen-bond donors (Lipinski definition) is 0. The van der Waals surface area contributed by atoms with Gasteiger partial charge in [-0.15, -0.1) is 0 Å². The SMILES string of the molecule is CC(C)(C)Cc1ccc2c(c1)oc1cc3c(cc12)oc1cc(CC(C)(C)C)ccc13. The number of hydrogen-bond acceptors (Lipinski definition) is 2. The summed E-state index contributed by atoms with van der Waals surface area (Å²) in [5.41, 5.74) is 6.89. The van der Waals surface area contributed by atoms with E-state index >= 15 is 0 Å². The van der Waals surface area contributed by atoms with Crippen LogP contribution < -0.4 is 0 Å². The Kier molecular flexibility index (Phi) is 4.09. The molecule has 5 rings (SSSR count). The lowest BCUT2D eigenvalue weighted by atomic mass is 9.88. The van der Waals surface area contributed by atoms with Gasteiger partial charge in [-0.1, -0.05) is 65.8 Å². The van der Waals surface area contributed by atoms with E-state index in [2.05, 4.69) is 90.1 Å². The fourth-order valence-electron chi connectivity index (χ4n) is 4.58. The van der Waals surface area contributed by atoms with Gasteiger partial charge >= 0.3 is 0 Å². The van der Waals surface area contributed by atoms with E-state index < -0.39 is 0 Å². The number of furan rings is 2. The minimum Gasteiger partial charge on any atom is -0.456 e. The van der Waals surface area contributed by atoms with E-state index in [0.29, 0.717) is 0 Å². The molecule has 0 bridgehead atoms. The third-order valence-electron chi connectivity index (χ3n) is 5.66. The molecule has 154 valence electrons. The molecule has 2 heterocycles. The van der Waals surface area contributed by atoms with Gasteiger partial charge in [0.15, 0.2) is 0 Å². The van der Waals surface area contributed by atoms with Crippen molar-refractivity contribution in [1.82, 2.24) is 0 Å². The standard InChI is InChI=1S/C28H30O2/c1-27(2,3)15-17-7-9-19-21-13-26-22(14-25(21)29-23(19)11-17)20-10-8-18(12-24(20)30-26)16-28(4,5)6/h7-14H,15-16H2,1-6H3. The van der Waals surface area contributed by atoms with Gasteiger partial charge < -0.3 is 8.83 Å². The Bertz CT molecular complexity index is 1290. The summed E-state index contributed by atoms with van der Waals surface area (Å²) in [4.78, 5) is 0. The van der Waals surface area contributed by atoms with Crippen molar-refractivity contribution in [3.63, 3.8) is 0 Å². The highest BCUT2D eigenvalue weighted by Crippen LogP contribution is 2.38. The second-order valence-electron chi connectivity index (χ2n) is 11.2. The summed E-state index contributed by atoms with van der Waals surface area (Å²) in [6.45, 7) is 13.6. The molecule has 2 nitrogen and oxygen atoms in total. The summed E-state index contributed by atoms with van der Waals surface area (Å²) in [6.07, 6.45) is 2.06. The highest BCUT2D eigenvalue weighted by Gasteiger charge is 2.17. The summed E-state index contributed by atoms with van der Waals surface area (Å²) in [5.74, 6) is 0. The summed E-state index contributed by atoms with van der Waals surface area (Å²) >= 11 is 0. The number of fused-ring (bicyclic) bond motifs is 6. The molecular formula is C28H30O2. The Labute approximate surface area is 177 Å². The number of rotatable bonds is 2. The maximum absolute atomic E-state index is 6.28. The predicted molar refractivity (Wildman–Crippen MR) is 127 cm³/mol. The van der Waals surface area contributed by atoms with Crippen LogP contribution in [0.1, 0.15) is 52.7 Å². The average Bonchev–Trinajstić information content (AvgIpc) is 3.13. The van der Waals surface area contributed by atoms with Crippen molar-refractivity contribution in [3.8, 4) is 0 Å². The van der Waals surface area contributed by atoms with E-state index in [9.17, 15) is 0 Å². The quantitative estimate of drug-likeness (QED) is 0.297. The average molecular weight is 399 g/mol. The summed E-state index contributed by atoms with van der Waals surface area (Å²) < 4.78 is 12.6. The van der Waals surface area contributed by atoms with E-state index in [-0.39, 0.29) is 10.8 Å². The van der Waals surface area contributed by atoms with Crippen molar-refractivity contribution in [2.45, 2.75) is 54.4 Å². The van der Waals surface area contributed by atoms with Crippen molar-refractivity contribution in [2.24, 2.45) is 10.8 Å². The van der Waals surface area contributed by atoms with Gasteiger partial charge in [-0.3, -0.25) is 0 Å². The Morgan fingerprint density at radius 1 is 0.500 bits per heavy atom. The van der Waals surface area contributed by atoms with Crippen LogP contribution in [-0.2, 0) is 12.8 Å². The monoisotopic (exact) mass is 398 g/mol. The fourth-order valence-corrected chi connectivity index (χ4v) is 4.58. The van der Waals surface area contributed by atoms with E-state index in [1.165, 1.54) is 11.1 Å². The van der Waals surface area contributed by atoms with Crippen LogP contribution >= 0.6 is 0 Å². The number of benzene rings is 3. The van der Waals surface area contributed by atoms with Crippen LogP contribution in [0, 0.1) is 10.8 Å². The van der Waals surface area contributed by atoms with Crippen LogP contribution in [0.3, 0.4) is 0 Å². The van der Waals surface area contributed by atoms with Gasteiger partial charge in [0, 0.05) is 21.5 Å². The Hall–Kier alpha value is -2.74. The van der Waals surface area contributed by atoms with Crippen molar-refractivity contribution >= 4 is 43.9 Å². The van der Waals surface area contributed by atoms with Crippen LogP contribution in [-0.4, -0.2) is 0 Å². The minimum atomic E-state index is 0.254. The highest BCUT2D eigenvalue weighted by molar-refractivity contribution is 6.14. The predicted octanol–water partition coefficient (Wildman–Crippen LogP) is 8.66. The lowest BCUT2D eigenvalue weighted by molar-refractivity contribution is 0.411. The van der Waals surface area contributed by atoms with Gasteiger partial charge in [-0.2, -0.15) is 0 Å². The summed E-state index contributed by atoms with van der Waals surface area (Å²) in [5, 5.41) is 4.54. The highest BCUT2D eigenvalue weighted by atomic mass is 16.3.